The van der Waals surface area contributed by atoms with Gasteiger partial charge in [-0.25, -0.2) is 9.69 Å². The maximum absolute atomic E-state index is 12.2. The molecule has 0 atom stereocenters. The lowest BCUT2D eigenvalue weighted by atomic mass is 9.74. The number of ether oxygens (including phenoxy) is 1. The smallest absolute Gasteiger partial charge is 0.443 e. The molecule has 0 spiro atoms. The number of hydrogen-bond acceptors (Lipinski definition) is 5. The number of imide groups is 1. The molecule has 2 rings (SSSR count). The van der Waals surface area contributed by atoms with Gasteiger partial charge in [-0.2, -0.15) is 0 Å². The Hall–Kier alpha value is -1.34. The summed E-state index contributed by atoms with van der Waals surface area (Å²) in [5.41, 5.74) is -0.783. The third-order valence-electron chi connectivity index (χ3n) is 4.37. The molecule has 7 heteroatoms. The van der Waals surface area contributed by atoms with Crippen LogP contribution in [0, 0.1) is 0 Å². The van der Waals surface area contributed by atoms with Gasteiger partial charge in [0.1, 0.15) is 5.60 Å². The maximum Gasteiger partial charge on any atom is 0.490 e. The van der Waals surface area contributed by atoms with Gasteiger partial charge in [-0.3, -0.25) is 4.79 Å². The fourth-order valence-corrected chi connectivity index (χ4v) is 2.34. The third-order valence-corrected chi connectivity index (χ3v) is 4.37. The lowest BCUT2D eigenvalue weighted by Gasteiger charge is -2.32. The van der Waals surface area contributed by atoms with E-state index < -0.39 is 35.9 Å². The largest absolute Gasteiger partial charge is 0.490 e. The van der Waals surface area contributed by atoms with Crippen LogP contribution in [0.25, 0.3) is 0 Å². The first-order valence-corrected chi connectivity index (χ1v) is 7.93. The van der Waals surface area contributed by atoms with Crippen molar-refractivity contribution < 1.29 is 23.6 Å². The van der Waals surface area contributed by atoms with Crippen molar-refractivity contribution in [2.75, 3.05) is 6.54 Å². The summed E-state index contributed by atoms with van der Waals surface area (Å²) in [6.07, 6.45) is 1.32. The van der Waals surface area contributed by atoms with Gasteiger partial charge in [-0.1, -0.05) is 0 Å². The summed E-state index contributed by atoms with van der Waals surface area (Å²) < 4.78 is 17.2. The van der Waals surface area contributed by atoms with Crippen molar-refractivity contribution in [2.45, 2.75) is 71.7 Å². The third kappa shape index (κ3) is 3.78. The second kappa shape index (κ2) is 5.63. The summed E-state index contributed by atoms with van der Waals surface area (Å²) in [6, 6.07) is 0. The monoisotopic (exact) mass is 323 g/mol. The van der Waals surface area contributed by atoms with E-state index in [4.69, 9.17) is 14.0 Å². The molecule has 0 aliphatic carbocycles. The van der Waals surface area contributed by atoms with Gasteiger partial charge in [-0.15, -0.1) is 0 Å². The molecule has 2 aliphatic heterocycles. The molecule has 6 nitrogen and oxygen atoms in total. The zero-order chi connectivity index (χ0) is 17.6. The highest BCUT2D eigenvalue weighted by atomic mass is 16.7. The van der Waals surface area contributed by atoms with E-state index in [1.54, 1.807) is 20.8 Å². The zero-order valence-corrected chi connectivity index (χ0v) is 15.1. The molecule has 0 radical (unpaired) electrons. The molecule has 0 unspecified atom stereocenters. The van der Waals surface area contributed by atoms with Crippen LogP contribution in [0.3, 0.4) is 0 Å². The van der Waals surface area contributed by atoms with Crippen LogP contribution in [0.2, 0.25) is 0 Å². The van der Waals surface area contributed by atoms with Crippen LogP contribution in [0.4, 0.5) is 4.79 Å². The van der Waals surface area contributed by atoms with Crippen molar-refractivity contribution in [2.24, 2.45) is 0 Å². The minimum absolute atomic E-state index is 0.268. The maximum atomic E-state index is 12.2. The van der Waals surface area contributed by atoms with Crippen LogP contribution in [0.15, 0.2) is 11.5 Å². The minimum atomic E-state index is -0.632. The van der Waals surface area contributed by atoms with E-state index in [-0.39, 0.29) is 6.54 Å². The summed E-state index contributed by atoms with van der Waals surface area (Å²) >= 11 is 0. The van der Waals surface area contributed by atoms with Crippen LogP contribution in [0.1, 0.15) is 54.9 Å². The van der Waals surface area contributed by atoms with E-state index in [1.807, 2.05) is 27.7 Å². The van der Waals surface area contributed by atoms with Crippen LogP contribution in [-0.4, -0.2) is 47.4 Å². The highest BCUT2D eigenvalue weighted by Crippen LogP contribution is 2.39. The van der Waals surface area contributed by atoms with E-state index in [1.165, 1.54) is 6.08 Å². The molecule has 2 aliphatic rings. The van der Waals surface area contributed by atoms with Crippen LogP contribution >= 0.6 is 0 Å². The summed E-state index contributed by atoms with van der Waals surface area (Å²) in [7, 11) is -0.551. The number of rotatable bonds is 1. The number of carbonyl (C=O) groups excluding carboxylic acids is 2. The fraction of sp³-hybridized carbons (Fsp3) is 0.750. The number of nitrogens with zero attached hydrogens (tertiary/aromatic N) is 1. The van der Waals surface area contributed by atoms with Crippen molar-refractivity contribution in [3.8, 4) is 0 Å². The Morgan fingerprint density at radius 3 is 2.17 bits per heavy atom. The van der Waals surface area contributed by atoms with Crippen LogP contribution < -0.4 is 0 Å². The summed E-state index contributed by atoms with van der Waals surface area (Å²) in [6.45, 7) is 13.4. The standard InChI is InChI=1S/C16H26BNO5/c1-14(2,3)21-13(20)18-9-8-11(10-12(18)19)17-22-15(4,5)16(6,7)23-17/h10H,8-9H2,1-7H3. The SMILES string of the molecule is CC(C)(C)OC(=O)N1CCC(B2OC(C)(C)C(C)(C)O2)=CC1=O. The number of carbonyl (C=O) groups is 2. The van der Waals surface area contributed by atoms with E-state index in [0.29, 0.717) is 6.42 Å². The van der Waals surface area contributed by atoms with Crippen molar-refractivity contribution in [1.29, 1.82) is 0 Å². The van der Waals surface area contributed by atoms with Crippen molar-refractivity contribution >= 4 is 19.1 Å². The average molecular weight is 323 g/mol. The molecule has 2 amide bonds. The lowest BCUT2D eigenvalue weighted by molar-refractivity contribution is -0.125. The Bertz CT molecular complexity index is 531. The fourth-order valence-electron chi connectivity index (χ4n) is 2.34. The predicted molar refractivity (Wildman–Crippen MR) is 86.7 cm³/mol. The van der Waals surface area contributed by atoms with Crippen molar-refractivity contribution in [3.63, 3.8) is 0 Å². The molecular weight excluding hydrogens is 297 g/mol. The molecule has 0 bridgehead atoms. The molecule has 23 heavy (non-hydrogen) atoms. The predicted octanol–water partition coefficient (Wildman–Crippen LogP) is 2.71. The molecule has 0 aromatic carbocycles. The first-order valence-electron chi connectivity index (χ1n) is 7.93. The molecule has 128 valence electrons. The van der Waals surface area contributed by atoms with Gasteiger partial charge in [-0.05, 0) is 66.4 Å². The molecule has 0 aromatic rings. The summed E-state index contributed by atoms with van der Waals surface area (Å²) in [5, 5.41) is 0. The molecule has 0 aromatic heterocycles. The second-order valence-electron chi connectivity index (χ2n) is 8.03. The molecule has 0 saturated carbocycles. The number of amides is 2. The lowest BCUT2D eigenvalue weighted by Crippen LogP contribution is -2.44. The molecule has 2 heterocycles. The summed E-state index contributed by atoms with van der Waals surface area (Å²) in [5.74, 6) is -0.393. The first-order chi connectivity index (χ1) is 10.3. The van der Waals surface area contributed by atoms with Gasteiger partial charge in [0, 0.05) is 6.54 Å². The molecule has 1 saturated heterocycles. The quantitative estimate of drug-likeness (QED) is 0.694. The van der Waals surface area contributed by atoms with Gasteiger partial charge < -0.3 is 14.0 Å². The Morgan fingerprint density at radius 1 is 1.22 bits per heavy atom. The van der Waals surface area contributed by atoms with E-state index in [0.717, 1.165) is 10.4 Å². The van der Waals surface area contributed by atoms with Gasteiger partial charge in [0.25, 0.3) is 5.91 Å². The Morgan fingerprint density at radius 2 is 1.74 bits per heavy atom. The average Bonchev–Trinajstić information content (AvgIpc) is 2.56. The van der Waals surface area contributed by atoms with Gasteiger partial charge >= 0.3 is 13.2 Å². The topological polar surface area (TPSA) is 65.1 Å². The van der Waals surface area contributed by atoms with Gasteiger partial charge in [0.2, 0.25) is 0 Å². The highest BCUT2D eigenvalue weighted by Gasteiger charge is 2.52. The van der Waals surface area contributed by atoms with Gasteiger partial charge in [0.15, 0.2) is 0 Å². The second-order valence-corrected chi connectivity index (χ2v) is 8.03. The zero-order valence-electron chi connectivity index (χ0n) is 15.1. The molecule has 0 N–H and O–H groups in total. The van der Waals surface area contributed by atoms with Crippen molar-refractivity contribution in [1.82, 2.24) is 4.90 Å². The minimum Gasteiger partial charge on any atom is -0.443 e. The Kier molecular flexibility index (Phi) is 4.41. The molecule has 1 fully saturated rings. The summed E-state index contributed by atoms with van der Waals surface area (Å²) in [4.78, 5) is 25.4. The highest BCUT2D eigenvalue weighted by molar-refractivity contribution is 6.55. The van der Waals surface area contributed by atoms with Crippen LogP contribution in [0.5, 0.6) is 0 Å². The Labute approximate surface area is 138 Å². The Balaban J connectivity index is 2.08. The van der Waals surface area contributed by atoms with E-state index >= 15 is 0 Å². The van der Waals surface area contributed by atoms with E-state index in [9.17, 15) is 9.59 Å². The first kappa shape index (κ1) is 18.0. The molecular formula is C16H26BNO5. The van der Waals surface area contributed by atoms with Crippen molar-refractivity contribution in [3.05, 3.63) is 11.5 Å². The van der Waals surface area contributed by atoms with Gasteiger partial charge in [0.05, 0.1) is 11.2 Å². The van der Waals surface area contributed by atoms with E-state index in [2.05, 4.69) is 0 Å². The normalized spacial score (nSPS) is 23.8. The number of hydrogen-bond donors (Lipinski definition) is 0. The van der Waals surface area contributed by atoms with Crippen LogP contribution in [-0.2, 0) is 18.8 Å².